The average molecular weight is 217 g/mol. The van der Waals surface area contributed by atoms with Gasteiger partial charge in [0.1, 0.15) is 5.82 Å². The van der Waals surface area contributed by atoms with Crippen LogP contribution in [-0.2, 0) is 0 Å². The van der Waals surface area contributed by atoms with E-state index in [0.717, 1.165) is 0 Å². The Kier molecular flexibility index (Phi) is 3.45. The summed E-state index contributed by atoms with van der Waals surface area (Å²) in [7, 11) is 3.31. The van der Waals surface area contributed by atoms with Gasteiger partial charge in [0.15, 0.2) is 4.45 Å². The van der Waals surface area contributed by atoms with E-state index in [-0.39, 0.29) is 4.45 Å². The highest BCUT2D eigenvalue weighted by Crippen LogP contribution is 2.15. The van der Waals surface area contributed by atoms with E-state index in [1.165, 1.54) is 0 Å². The molecule has 0 spiro atoms. The summed E-state index contributed by atoms with van der Waals surface area (Å²) in [6, 6.07) is 5.39. The zero-order valence-corrected chi connectivity index (χ0v) is 8.89. The smallest absolute Gasteiger partial charge is 0.214 e. The SMILES string of the molecule is COc1cccc(N(C)C(=S)Cl)n1. The lowest BCUT2D eigenvalue weighted by Crippen LogP contribution is -2.20. The lowest BCUT2D eigenvalue weighted by Gasteiger charge is -2.14. The van der Waals surface area contributed by atoms with Gasteiger partial charge in [0.25, 0.3) is 0 Å². The predicted octanol–water partition coefficient (Wildman–Crippen LogP) is 2.05. The molecule has 0 atom stereocenters. The van der Waals surface area contributed by atoms with Crippen LogP contribution >= 0.6 is 23.8 Å². The Labute approximate surface area is 87.3 Å². The molecule has 13 heavy (non-hydrogen) atoms. The molecule has 0 N–H and O–H groups in total. The Balaban J connectivity index is 2.94. The van der Waals surface area contributed by atoms with Crippen LogP contribution < -0.4 is 9.64 Å². The molecule has 1 heterocycles. The van der Waals surface area contributed by atoms with Crippen LogP contribution in [0.4, 0.5) is 5.82 Å². The highest BCUT2D eigenvalue weighted by molar-refractivity contribution is 7.83. The van der Waals surface area contributed by atoms with E-state index in [1.54, 1.807) is 31.2 Å². The second-order valence-electron chi connectivity index (χ2n) is 2.35. The second-order valence-corrected chi connectivity index (χ2v) is 3.32. The van der Waals surface area contributed by atoms with E-state index in [9.17, 15) is 0 Å². The molecule has 1 rings (SSSR count). The zero-order chi connectivity index (χ0) is 9.84. The summed E-state index contributed by atoms with van der Waals surface area (Å²) in [5.41, 5.74) is 0. The summed E-state index contributed by atoms with van der Waals surface area (Å²) < 4.78 is 5.21. The highest BCUT2D eigenvalue weighted by Gasteiger charge is 2.05. The van der Waals surface area contributed by atoms with Crippen LogP contribution in [0.5, 0.6) is 5.88 Å². The largest absolute Gasteiger partial charge is 0.481 e. The molecule has 0 aromatic carbocycles. The molecule has 0 aliphatic carbocycles. The van der Waals surface area contributed by atoms with Crippen LogP contribution in [-0.4, -0.2) is 23.6 Å². The molecule has 0 saturated heterocycles. The van der Waals surface area contributed by atoms with Crippen LogP contribution in [0.3, 0.4) is 0 Å². The molecule has 3 nitrogen and oxygen atoms in total. The molecule has 1 aromatic heterocycles. The van der Waals surface area contributed by atoms with Crippen molar-refractivity contribution in [3.05, 3.63) is 18.2 Å². The summed E-state index contributed by atoms with van der Waals surface area (Å²) in [6.07, 6.45) is 0. The summed E-state index contributed by atoms with van der Waals surface area (Å²) in [4.78, 5) is 5.74. The summed E-state index contributed by atoms with van der Waals surface area (Å²) in [5, 5.41) is 0. The molecule has 0 unspecified atom stereocenters. The lowest BCUT2D eigenvalue weighted by molar-refractivity contribution is 0.398. The quantitative estimate of drug-likeness (QED) is 0.429. The molecule has 5 heteroatoms. The number of halogens is 1. The van der Waals surface area contributed by atoms with E-state index >= 15 is 0 Å². The van der Waals surface area contributed by atoms with Gasteiger partial charge < -0.3 is 9.64 Å². The molecule has 0 aliphatic heterocycles. The molecule has 1 aromatic rings. The summed E-state index contributed by atoms with van der Waals surface area (Å²) in [5.74, 6) is 1.21. The third kappa shape index (κ3) is 2.54. The van der Waals surface area contributed by atoms with Crippen molar-refractivity contribution >= 4 is 34.1 Å². The number of hydrogen-bond acceptors (Lipinski definition) is 3. The third-order valence-corrected chi connectivity index (χ3v) is 2.05. The number of aromatic nitrogens is 1. The van der Waals surface area contributed by atoms with Crippen molar-refractivity contribution < 1.29 is 4.74 Å². The molecule has 0 saturated carbocycles. The number of anilines is 1. The number of rotatable bonds is 2. The van der Waals surface area contributed by atoms with Crippen molar-refractivity contribution in [3.8, 4) is 5.88 Å². The van der Waals surface area contributed by atoms with Crippen molar-refractivity contribution in [2.24, 2.45) is 0 Å². The van der Waals surface area contributed by atoms with Gasteiger partial charge in [-0.25, -0.2) is 0 Å². The Morgan fingerprint density at radius 2 is 2.31 bits per heavy atom. The van der Waals surface area contributed by atoms with Gasteiger partial charge in [-0.15, -0.1) is 0 Å². The van der Waals surface area contributed by atoms with E-state index in [4.69, 9.17) is 28.6 Å². The van der Waals surface area contributed by atoms with Gasteiger partial charge in [-0.3, -0.25) is 0 Å². The number of thiocarbonyl (C=S) groups is 1. The van der Waals surface area contributed by atoms with Crippen LogP contribution in [0.25, 0.3) is 0 Å². The van der Waals surface area contributed by atoms with Gasteiger partial charge in [-0.1, -0.05) is 17.7 Å². The van der Waals surface area contributed by atoms with Gasteiger partial charge in [0, 0.05) is 13.1 Å². The van der Waals surface area contributed by atoms with Crippen molar-refractivity contribution in [1.29, 1.82) is 0 Å². The van der Waals surface area contributed by atoms with Gasteiger partial charge in [-0.2, -0.15) is 4.98 Å². The maximum absolute atomic E-state index is 5.63. The number of pyridine rings is 1. The van der Waals surface area contributed by atoms with Crippen LogP contribution in [0.2, 0.25) is 0 Å². The first kappa shape index (κ1) is 10.2. The molecule has 0 fully saturated rings. The lowest BCUT2D eigenvalue weighted by atomic mass is 10.4. The van der Waals surface area contributed by atoms with E-state index in [2.05, 4.69) is 4.98 Å². The van der Waals surface area contributed by atoms with E-state index < -0.39 is 0 Å². The maximum Gasteiger partial charge on any atom is 0.214 e. The molecule has 0 aliphatic rings. The summed E-state index contributed by atoms with van der Waals surface area (Å²) >= 11 is 10.4. The van der Waals surface area contributed by atoms with Crippen molar-refractivity contribution in [1.82, 2.24) is 4.98 Å². The number of ether oxygens (including phenoxy) is 1. The minimum absolute atomic E-state index is 0.251. The Morgan fingerprint density at radius 3 is 2.85 bits per heavy atom. The third-order valence-electron chi connectivity index (χ3n) is 1.53. The standard InChI is InChI=1S/C8H9ClN2OS/c1-11(8(9)13)6-4-3-5-7(10-6)12-2/h3-5H,1-2H3. The predicted molar refractivity (Wildman–Crippen MR) is 57.6 cm³/mol. The normalized spacial score (nSPS) is 9.46. The minimum Gasteiger partial charge on any atom is -0.481 e. The number of nitrogens with zero attached hydrogens (tertiary/aromatic N) is 2. The van der Waals surface area contributed by atoms with Crippen LogP contribution in [0.15, 0.2) is 18.2 Å². The monoisotopic (exact) mass is 216 g/mol. The van der Waals surface area contributed by atoms with Gasteiger partial charge in [0.05, 0.1) is 7.11 Å². The Morgan fingerprint density at radius 1 is 1.62 bits per heavy atom. The van der Waals surface area contributed by atoms with Crippen LogP contribution in [0, 0.1) is 0 Å². The zero-order valence-electron chi connectivity index (χ0n) is 7.32. The molecular formula is C8H9ClN2OS. The van der Waals surface area contributed by atoms with Crippen molar-refractivity contribution in [3.63, 3.8) is 0 Å². The van der Waals surface area contributed by atoms with Gasteiger partial charge >= 0.3 is 0 Å². The number of methoxy groups -OCH3 is 1. The van der Waals surface area contributed by atoms with Crippen LogP contribution in [0.1, 0.15) is 0 Å². The fourth-order valence-electron chi connectivity index (χ4n) is 0.794. The van der Waals surface area contributed by atoms with Gasteiger partial charge in [0.2, 0.25) is 5.88 Å². The molecular weight excluding hydrogens is 208 g/mol. The first-order chi connectivity index (χ1) is 6.15. The average Bonchev–Trinajstić information content (AvgIpc) is 2.16. The van der Waals surface area contributed by atoms with Crippen molar-refractivity contribution in [2.45, 2.75) is 0 Å². The number of hydrogen-bond donors (Lipinski definition) is 0. The topological polar surface area (TPSA) is 25.4 Å². The fraction of sp³-hybridized carbons (Fsp3) is 0.250. The Bertz CT molecular complexity index is 319. The molecule has 0 amide bonds. The maximum atomic E-state index is 5.63. The highest BCUT2D eigenvalue weighted by atomic mass is 35.5. The van der Waals surface area contributed by atoms with Gasteiger partial charge in [-0.05, 0) is 18.3 Å². The first-order valence-corrected chi connectivity index (χ1v) is 4.38. The molecule has 0 bridgehead atoms. The first-order valence-electron chi connectivity index (χ1n) is 3.59. The summed E-state index contributed by atoms with van der Waals surface area (Å²) in [6.45, 7) is 0. The second kappa shape index (κ2) is 4.39. The minimum atomic E-state index is 0.251. The molecule has 0 radical (unpaired) electrons. The van der Waals surface area contributed by atoms with E-state index in [1.807, 2.05) is 6.07 Å². The van der Waals surface area contributed by atoms with E-state index in [0.29, 0.717) is 11.7 Å². The fourth-order valence-corrected chi connectivity index (χ4v) is 0.975. The Hall–Kier alpha value is -0.870. The van der Waals surface area contributed by atoms with Crippen molar-refractivity contribution in [2.75, 3.05) is 19.1 Å². The molecule has 70 valence electrons.